The molecule has 0 aliphatic rings. The third-order valence-corrected chi connectivity index (χ3v) is 10.5. The molecule has 0 fully saturated rings. The second-order valence-electron chi connectivity index (χ2n) is 9.60. The van der Waals surface area contributed by atoms with E-state index in [9.17, 15) is 19.2 Å². The molecule has 0 saturated heterocycles. The monoisotopic (exact) mass is 926 g/mol. The number of rotatable bonds is 10. The van der Waals surface area contributed by atoms with Crippen molar-refractivity contribution in [1.82, 2.24) is 0 Å². The van der Waals surface area contributed by atoms with Crippen molar-refractivity contribution in [2.45, 2.75) is 27.7 Å². The van der Waals surface area contributed by atoms with E-state index in [2.05, 4.69) is 47.8 Å². The minimum Gasteiger partial charge on any atom is -0.462 e. The van der Waals surface area contributed by atoms with Gasteiger partial charge in [-0.15, -0.1) is 0 Å². The lowest BCUT2D eigenvalue weighted by Crippen LogP contribution is -2.11. The number of halogens is 3. The van der Waals surface area contributed by atoms with Gasteiger partial charge in [-0.25, -0.2) is 19.2 Å². The molecule has 5 rings (SSSR count). The summed E-state index contributed by atoms with van der Waals surface area (Å²) in [5, 5.41) is 11.8. The highest BCUT2D eigenvalue weighted by Crippen LogP contribution is 2.35. The first-order chi connectivity index (χ1) is 24.1. The van der Waals surface area contributed by atoms with Crippen molar-refractivity contribution in [3.63, 3.8) is 0 Å². The van der Waals surface area contributed by atoms with Gasteiger partial charge in [-0.05, 0) is 167 Å². The summed E-state index contributed by atoms with van der Waals surface area (Å²) in [6, 6.07) is 12.4. The Morgan fingerprint density at radius 3 is 1.10 bits per heavy atom. The van der Waals surface area contributed by atoms with Gasteiger partial charge in [0.1, 0.15) is 0 Å². The van der Waals surface area contributed by atoms with Crippen LogP contribution in [-0.4, -0.2) is 50.3 Å². The van der Waals surface area contributed by atoms with E-state index < -0.39 is 23.9 Å². The van der Waals surface area contributed by atoms with Crippen LogP contribution in [0.4, 0.5) is 0 Å². The predicted molar refractivity (Wildman–Crippen MR) is 211 cm³/mol. The summed E-state index contributed by atoms with van der Waals surface area (Å²) in [7, 11) is 0. The normalized spacial score (nSPS) is 10.1. The fourth-order valence-electron chi connectivity index (χ4n) is 4.19. The summed E-state index contributed by atoms with van der Waals surface area (Å²) in [4.78, 5) is 48.4. The van der Waals surface area contributed by atoms with Crippen molar-refractivity contribution in [3.05, 3.63) is 110 Å². The lowest BCUT2D eigenvalue weighted by atomic mass is 9.92. The Morgan fingerprint density at radius 2 is 0.840 bits per heavy atom. The molecule has 0 atom stereocenters. The molecule has 3 aromatic heterocycles. The number of thiophene rings is 3. The van der Waals surface area contributed by atoms with Crippen molar-refractivity contribution in [2.24, 2.45) is 0 Å². The molecule has 5 aromatic rings. The molecule has 0 aliphatic heterocycles. The minimum absolute atomic E-state index is 0.287. The maximum absolute atomic E-state index is 12.6. The molecule has 0 saturated carbocycles. The van der Waals surface area contributed by atoms with Crippen LogP contribution < -0.4 is 0 Å². The van der Waals surface area contributed by atoms with Gasteiger partial charge in [0.15, 0.2) is 0 Å². The van der Waals surface area contributed by atoms with E-state index in [1.165, 1.54) is 39.3 Å². The van der Waals surface area contributed by atoms with Gasteiger partial charge in [-0.3, -0.25) is 0 Å². The predicted octanol–water partition coefficient (Wildman–Crippen LogP) is 11.6. The van der Waals surface area contributed by atoms with Gasteiger partial charge < -0.3 is 18.9 Å². The number of esters is 4. The number of benzene rings is 2. The molecule has 0 spiro atoms. The maximum Gasteiger partial charge on any atom is 0.339 e. The molecule has 2 aromatic carbocycles. The van der Waals surface area contributed by atoms with E-state index in [4.69, 9.17) is 18.9 Å². The van der Waals surface area contributed by atoms with E-state index in [0.717, 1.165) is 11.1 Å². The number of ether oxygens (including phenoxy) is 4. The first-order valence-electron chi connectivity index (χ1n) is 15.1. The SMILES string of the molecule is Brc1ccsc1.CCOC(=O)c1cc(-c2ccsc2)c(C(=O)OCC)cc1-c1ccsc1.CCOC(=O)c1cc(Br)c(C(=O)OCC)cc1Br. The average molecular weight is 930 g/mol. The highest BCUT2D eigenvalue weighted by molar-refractivity contribution is 9.11. The third kappa shape index (κ3) is 11.7. The Hall–Kier alpha value is -3.14. The third-order valence-electron chi connectivity index (χ3n) is 6.35. The number of carbonyl (C=O) groups excluding carboxylic acids is 4. The van der Waals surface area contributed by atoms with Crippen LogP contribution in [0.15, 0.2) is 88.2 Å². The lowest BCUT2D eigenvalue weighted by Gasteiger charge is -2.14. The van der Waals surface area contributed by atoms with Gasteiger partial charge in [-0.1, -0.05) is 0 Å². The summed E-state index contributed by atoms with van der Waals surface area (Å²) in [6.07, 6.45) is 0. The zero-order chi connectivity index (χ0) is 36.6. The van der Waals surface area contributed by atoms with Crippen molar-refractivity contribution in [3.8, 4) is 22.3 Å². The van der Waals surface area contributed by atoms with E-state index in [-0.39, 0.29) is 13.2 Å². The van der Waals surface area contributed by atoms with E-state index >= 15 is 0 Å². The Balaban J connectivity index is 0.000000243. The average Bonchev–Trinajstić information content (AvgIpc) is 3.91. The van der Waals surface area contributed by atoms with Gasteiger partial charge >= 0.3 is 23.9 Å². The van der Waals surface area contributed by atoms with Gasteiger partial charge in [0.05, 0.1) is 48.7 Å². The molecule has 50 heavy (non-hydrogen) atoms. The molecule has 0 aliphatic carbocycles. The molecule has 0 amide bonds. The summed E-state index contributed by atoms with van der Waals surface area (Å²) < 4.78 is 22.4. The molecule has 0 N–H and O–H groups in total. The van der Waals surface area contributed by atoms with Crippen molar-refractivity contribution in [1.29, 1.82) is 0 Å². The van der Waals surface area contributed by atoms with Gasteiger partial charge in [0.25, 0.3) is 0 Å². The Kier molecular flexibility index (Phi) is 17.6. The quantitative estimate of drug-likeness (QED) is 0.101. The summed E-state index contributed by atoms with van der Waals surface area (Å²) >= 11 is 14.5. The zero-order valence-corrected chi connectivity index (χ0v) is 34.7. The van der Waals surface area contributed by atoms with Crippen LogP contribution in [0.1, 0.15) is 69.1 Å². The van der Waals surface area contributed by atoms with Crippen LogP contribution in [0.25, 0.3) is 22.3 Å². The van der Waals surface area contributed by atoms with Crippen LogP contribution in [0.2, 0.25) is 0 Å². The summed E-state index contributed by atoms with van der Waals surface area (Å²) in [6.45, 7) is 8.17. The first kappa shape index (κ1) is 41.3. The highest BCUT2D eigenvalue weighted by Gasteiger charge is 2.23. The molecule has 0 bridgehead atoms. The van der Waals surface area contributed by atoms with Crippen molar-refractivity contribution in [2.75, 3.05) is 26.4 Å². The standard InChI is InChI=1S/C20H18O4S2.C12H12Br2O4.C4H3BrS/c1-3-23-19(21)17-9-16(14-6-8-26-12-14)18(20(22)24-4-2)10-15(17)13-5-7-25-11-13;1-3-17-11(15)7-5-10(14)8(6-9(7)13)12(16)18-4-2;5-4-1-2-6-3-4/h5-12H,3-4H2,1-2H3;5-6H,3-4H2,1-2H3;1-3H. The Labute approximate surface area is 328 Å². The Bertz CT molecular complexity index is 1740. The number of hydrogen-bond donors (Lipinski definition) is 0. The zero-order valence-electron chi connectivity index (χ0n) is 27.5. The minimum atomic E-state index is -0.444. The van der Waals surface area contributed by atoms with Gasteiger partial charge in [0, 0.05) is 18.8 Å². The molecule has 264 valence electrons. The molecule has 14 heteroatoms. The molecule has 3 heterocycles. The molecule has 0 radical (unpaired) electrons. The molecule has 8 nitrogen and oxygen atoms in total. The lowest BCUT2D eigenvalue weighted by molar-refractivity contribution is 0.0509. The van der Waals surface area contributed by atoms with Gasteiger partial charge in [-0.2, -0.15) is 34.0 Å². The van der Waals surface area contributed by atoms with Crippen LogP contribution in [0, 0.1) is 0 Å². The number of hydrogen-bond acceptors (Lipinski definition) is 11. The second kappa shape index (κ2) is 21.3. The summed E-state index contributed by atoms with van der Waals surface area (Å²) in [5.41, 5.74) is 4.70. The van der Waals surface area contributed by atoms with Crippen LogP contribution >= 0.6 is 81.8 Å². The first-order valence-corrected chi connectivity index (χ1v) is 20.3. The fraction of sp³-hybridized carbons (Fsp3) is 0.222. The van der Waals surface area contributed by atoms with E-state index in [1.54, 1.807) is 51.2 Å². The Morgan fingerprint density at radius 1 is 0.500 bits per heavy atom. The van der Waals surface area contributed by atoms with Crippen LogP contribution in [0.5, 0.6) is 0 Å². The number of carbonyl (C=O) groups is 4. The van der Waals surface area contributed by atoms with Gasteiger partial charge in [0.2, 0.25) is 0 Å². The van der Waals surface area contributed by atoms with E-state index in [1.807, 2.05) is 50.5 Å². The smallest absolute Gasteiger partial charge is 0.339 e. The largest absolute Gasteiger partial charge is 0.462 e. The highest BCUT2D eigenvalue weighted by atomic mass is 79.9. The van der Waals surface area contributed by atoms with Crippen molar-refractivity contribution < 1.29 is 38.1 Å². The fourth-order valence-corrected chi connectivity index (χ4v) is 7.66. The van der Waals surface area contributed by atoms with E-state index in [0.29, 0.717) is 55.5 Å². The van der Waals surface area contributed by atoms with Crippen LogP contribution in [-0.2, 0) is 18.9 Å². The summed E-state index contributed by atoms with van der Waals surface area (Å²) in [5.74, 6) is -1.69. The molecular weight excluding hydrogens is 896 g/mol. The van der Waals surface area contributed by atoms with Crippen LogP contribution in [0.3, 0.4) is 0 Å². The second-order valence-corrected chi connectivity index (χ2v) is 14.6. The maximum atomic E-state index is 12.6. The molecule has 0 unspecified atom stereocenters. The topological polar surface area (TPSA) is 105 Å². The van der Waals surface area contributed by atoms with Crippen molar-refractivity contribution >= 4 is 106 Å². The molecular formula is C36H33Br3O8S3.